The van der Waals surface area contributed by atoms with Crippen LogP contribution in [0.2, 0.25) is 0 Å². The molecule has 160 valence electrons. The van der Waals surface area contributed by atoms with E-state index in [1.807, 2.05) is 6.07 Å². The number of hydrogen-bond acceptors (Lipinski definition) is 4. The zero-order valence-corrected chi connectivity index (χ0v) is 18.6. The monoisotopic (exact) mass is 412 g/mol. The number of hydrogen-bond donors (Lipinski definition) is 1. The quantitative estimate of drug-likeness (QED) is 0.477. The first-order valence-electron chi connectivity index (χ1n) is 10.5. The second-order valence-electron chi connectivity index (χ2n) is 8.99. The molecule has 0 aromatic heterocycles. The summed E-state index contributed by atoms with van der Waals surface area (Å²) in [6.07, 6.45) is 9.21. The predicted octanol–water partition coefficient (Wildman–Crippen LogP) is 5.63. The van der Waals surface area contributed by atoms with Crippen molar-refractivity contribution >= 4 is 10.1 Å². The van der Waals surface area contributed by atoms with Crippen LogP contribution in [0.5, 0.6) is 11.5 Å². The molecule has 0 fully saturated rings. The molecule has 6 heteroatoms. The number of benzene rings is 1. The number of fused-ring (bicyclic) bond motifs is 1. The van der Waals surface area contributed by atoms with Crippen molar-refractivity contribution in [3.63, 3.8) is 0 Å². The van der Waals surface area contributed by atoms with Gasteiger partial charge in [0.25, 0.3) is 0 Å². The Morgan fingerprint density at radius 3 is 2.57 bits per heavy atom. The molecule has 1 aliphatic heterocycles. The molecule has 1 N–H and O–H groups in total. The molecule has 1 heterocycles. The fourth-order valence-corrected chi connectivity index (χ4v) is 4.10. The van der Waals surface area contributed by atoms with Gasteiger partial charge in [-0.15, -0.1) is 0 Å². The Bertz CT molecular complexity index is 728. The summed E-state index contributed by atoms with van der Waals surface area (Å²) in [7, 11) is -4.14. The molecule has 0 radical (unpaired) electrons. The van der Waals surface area contributed by atoms with E-state index in [1.165, 1.54) is 32.1 Å². The normalized spacial score (nSPS) is 20.5. The van der Waals surface area contributed by atoms with Gasteiger partial charge < -0.3 is 9.47 Å². The second-order valence-corrected chi connectivity index (χ2v) is 10.4. The molecule has 0 bridgehead atoms. The molecule has 0 saturated carbocycles. The van der Waals surface area contributed by atoms with Crippen molar-refractivity contribution in [3.8, 4) is 11.5 Å². The Kier molecular flexibility index (Phi) is 8.19. The van der Waals surface area contributed by atoms with Gasteiger partial charge in [0.1, 0.15) is 17.1 Å². The van der Waals surface area contributed by atoms with Gasteiger partial charge in [0.05, 0.1) is 0 Å². The van der Waals surface area contributed by atoms with Gasteiger partial charge in [0.15, 0.2) is 0 Å². The summed E-state index contributed by atoms with van der Waals surface area (Å²) < 4.78 is 41.9. The largest absolute Gasteiger partial charge is 0.487 e. The Hall–Kier alpha value is -1.27. The van der Waals surface area contributed by atoms with Gasteiger partial charge in [-0.25, -0.2) is 0 Å². The first-order valence-corrected chi connectivity index (χ1v) is 12.1. The van der Waals surface area contributed by atoms with Crippen LogP contribution in [0.4, 0.5) is 0 Å². The highest BCUT2D eigenvalue weighted by Gasteiger charge is 2.31. The van der Waals surface area contributed by atoms with Gasteiger partial charge in [-0.3, -0.25) is 4.55 Å². The van der Waals surface area contributed by atoms with E-state index in [-0.39, 0.29) is 5.60 Å². The van der Waals surface area contributed by atoms with E-state index in [0.29, 0.717) is 5.75 Å². The Labute approximate surface area is 170 Å². The van der Waals surface area contributed by atoms with Gasteiger partial charge in [-0.1, -0.05) is 46.5 Å². The molecule has 0 amide bonds. The zero-order chi connectivity index (χ0) is 20.8. The van der Waals surface area contributed by atoms with Crippen LogP contribution in [-0.4, -0.2) is 24.5 Å². The highest BCUT2D eigenvalue weighted by molar-refractivity contribution is 7.85. The van der Waals surface area contributed by atoms with Crippen molar-refractivity contribution in [2.24, 2.45) is 11.8 Å². The van der Waals surface area contributed by atoms with Gasteiger partial charge >= 0.3 is 10.1 Å². The van der Waals surface area contributed by atoms with E-state index in [0.717, 1.165) is 42.4 Å². The van der Waals surface area contributed by atoms with Gasteiger partial charge in [-0.2, -0.15) is 8.42 Å². The first kappa shape index (κ1) is 23.0. The van der Waals surface area contributed by atoms with Crippen LogP contribution in [0, 0.1) is 11.8 Å². The summed E-state index contributed by atoms with van der Waals surface area (Å²) in [6, 6.07) is 5.32. The number of rotatable bonds is 11. The highest BCUT2D eigenvalue weighted by atomic mass is 32.2. The summed E-state index contributed by atoms with van der Waals surface area (Å²) in [4.78, 5) is 0. The highest BCUT2D eigenvalue weighted by Crippen LogP contribution is 2.38. The molecular formula is C22H36O5S. The van der Waals surface area contributed by atoms with E-state index >= 15 is 0 Å². The SMILES string of the molecule is CC(C)CCCC(C)CCCC1(C)CCc2cc(OCS(=O)(=O)O)ccc2O1. The molecule has 2 atom stereocenters. The average Bonchev–Trinajstić information content (AvgIpc) is 2.59. The van der Waals surface area contributed by atoms with Gasteiger partial charge in [-0.05, 0) is 68.2 Å². The minimum Gasteiger partial charge on any atom is -0.487 e. The van der Waals surface area contributed by atoms with Crippen LogP contribution in [0.1, 0.15) is 78.2 Å². The lowest BCUT2D eigenvalue weighted by Gasteiger charge is -2.36. The standard InChI is InChI=1S/C22H36O5S/c1-17(2)7-5-8-18(3)9-6-13-22(4)14-12-19-15-20(10-11-21(19)27-22)26-16-28(23,24)25/h10-11,15,17-18H,5-9,12-14,16H2,1-4H3,(H,23,24,25). The minimum atomic E-state index is -4.14. The van der Waals surface area contributed by atoms with Gasteiger partial charge in [0, 0.05) is 0 Å². The summed E-state index contributed by atoms with van der Waals surface area (Å²) in [5.74, 6) is 2.10. The fourth-order valence-electron chi connectivity index (χ4n) is 3.82. The molecule has 5 nitrogen and oxygen atoms in total. The summed E-state index contributed by atoms with van der Waals surface area (Å²) >= 11 is 0. The molecule has 0 saturated heterocycles. The Morgan fingerprint density at radius 1 is 1.18 bits per heavy atom. The zero-order valence-electron chi connectivity index (χ0n) is 17.7. The molecule has 0 aliphatic carbocycles. The smallest absolute Gasteiger partial charge is 0.300 e. The maximum Gasteiger partial charge on any atom is 0.300 e. The number of ether oxygens (including phenoxy) is 2. The van der Waals surface area contributed by atoms with Crippen molar-refractivity contribution < 1.29 is 22.4 Å². The minimum absolute atomic E-state index is 0.151. The van der Waals surface area contributed by atoms with Crippen LogP contribution in [0.3, 0.4) is 0 Å². The molecule has 1 aromatic carbocycles. The molecular weight excluding hydrogens is 376 g/mol. The molecule has 1 aromatic rings. The third kappa shape index (κ3) is 8.00. The van der Waals surface area contributed by atoms with Crippen LogP contribution in [0.15, 0.2) is 18.2 Å². The van der Waals surface area contributed by atoms with Gasteiger partial charge in [0.2, 0.25) is 5.94 Å². The molecule has 2 unspecified atom stereocenters. The van der Waals surface area contributed by atoms with Crippen LogP contribution < -0.4 is 9.47 Å². The second kappa shape index (κ2) is 9.97. The topological polar surface area (TPSA) is 72.8 Å². The van der Waals surface area contributed by atoms with Crippen molar-refractivity contribution in [1.29, 1.82) is 0 Å². The van der Waals surface area contributed by atoms with Crippen molar-refractivity contribution in [1.82, 2.24) is 0 Å². The van der Waals surface area contributed by atoms with E-state index < -0.39 is 16.1 Å². The maximum absolute atomic E-state index is 10.8. The van der Waals surface area contributed by atoms with Crippen LogP contribution >= 0.6 is 0 Å². The Balaban J connectivity index is 1.81. The molecule has 28 heavy (non-hydrogen) atoms. The summed E-state index contributed by atoms with van der Waals surface area (Å²) in [6.45, 7) is 9.11. The van der Waals surface area contributed by atoms with Crippen molar-refractivity contribution in [2.45, 2.75) is 84.7 Å². The first-order chi connectivity index (χ1) is 13.1. The van der Waals surface area contributed by atoms with Crippen molar-refractivity contribution in [2.75, 3.05) is 5.94 Å². The fraction of sp³-hybridized carbons (Fsp3) is 0.727. The van der Waals surface area contributed by atoms with E-state index in [9.17, 15) is 8.42 Å². The molecule has 1 aliphatic rings. The lowest BCUT2D eigenvalue weighted by Crippen LogP contribution is -2.36. The third-order valence-electron chi connectivity index (χ3n) is 5.57. The molecule has 2 rings (SSSR count). The molecule has 0 spiro atoms. The lowest BCUT2D eigenvalue weighted by atomic mass is 9.86. The van der Waals surface area contributed by atoms with Crippen LogP contribution in [0.25, 0.3) is 0 Å². The lowest BCUT2D eigenvalue weighted by molar-refractivity contribution is 0.0523. The average molecular weight is 413 g/mol. The van der Waals surface area contributed by atoms with E-state index in [4.69, 9.17) is 14.0 Å². The van der Waals surface area contributed by atoms with Crippen LogP contribution in [-0.2, 0) is 16.5 Å². The number of aryl methyl sites for hydroxylation is 1. The summed E-state index contributed by atoms with van der Waals surface area (Å²) in [5, 5.41) is 0. The summed E-state index contributed by atoms with van der Waals surface area (Å²) in [5.41, 5.74) is 0.869. The predicted molar refractivity (Wildman–Crippen MR) is 113 cm³/mol. The maximum atomic E-state index is 10.8. The Morgan fingerprint density at radius 2 is 1.89 bits per heavy atom. The third-order valence-corrected chi connectivity index (χ3v) is 5.98. The van der Waals surface area contributed by atoms with Crippen molar-refractivity contribution in [3.05, 3.63) is 23.8 Å². The van der Waals surface area contributed by atoms with E-state index in [1.54, 1.807) is 12.1 Å². The van der Waals surface area contributed by atoms with E-state index in [2.05, 4.69) is 27.7 Å².